The summed E-state index contributed by atoms with van der Waals surface area (Å²) < 4.78 is 2.37. The zero-order chi connectivity index (χ0) is 21.8. The van der Waals surface area contributed by atoms with E-state index in [4.69, 9.17) is 12.2 Å². The van der Waals surface area contributed by atoms with Crippen molar-refractivity contribution in [3.8, 4) is 11.4 Å². The molecule has 31 heavy (non-hydrogen) atoms. The van der Waals surface area contributed by atoms with Gasteiger partial charge in [0, 0.05) is 50.3 Å². The van der Waals surface area contributed by atoms with Crippen molar-refractivity contribution in [1.29, 1.82) is 0 Å². The van der Waals surface area contributed by atoms with Gasteiger partial charge < -0.3 is 9.80 Å². The fraction of sp³-hybridized carbons (Fsp3) is 0.304. The van der Waals surface area contributed by atoms with E-state index >= 15 is 0 Å². The molecule has 1 aliphatic rings. The largest absolute Gasteiger partial charge is 0.339 e. The quantitative estimate of drug-likeness (QED) is 0.624. The Hall–Kier alpha value is -3.26. The maximum absolute atomic E-state index is 12.8. The second-order valence-corrected chi connectivity index (χ2v) is 8.05. The van der Waals surface area contributed by atoms with Crippen molar-refractivity contribution in [2.45, 2.75) is 19.9 Å². The summed E-state index contributed by atoms with van der Waals surface area (Å²) in [5.74, 6) is 0.806. The molecule has 0 aliphatic carbocycles. The Balaban J connectivity index is 1.34. The molecular formula is C23H25N5O2S. The molecule has 0 unspecified atom stereocenters. The number of nitrogens with zero attached hydrogens (tertiary/aromatic N) is 4. The summed E-state index contributed by atoms with van der Waals surface area (Å²) in [4.78, 5) is 29.0. The number of piperazine rings is 1. The highest BCUT2D eigenvalue weighted by Gasteiger charge is 2.24. The van der Waals surface area contributed by atoms with E-state index in [1.807, 2.05) is 71.0 Å². The number of H-pyrrole nitrogens is 1. The van der Waals surface area contributed by atoms with Crippen LogP contribution >= 0.6 is 12.2 Å². The van der Waals surface area contributed by atoms with Crippen molar-refractivity contribution < 1.29 is 9.59 Å². The van der Waals surface area contributed by atoms with Gasteiger partial charge in [-0.25, -0.2) is 0 Å². The fourth-order valence-electron chi connectivity index (χ4n) is 3.74. The van der Waals surface area contributed by atoms with Gasteiger partial charge in [0.1, 0.15) is 0 Å². The maximum atomic E-state index is 12.8. The minimum Gasteiger partial charge on any atom is -0.339 e. The lowest BCUT2D eigenvalue weighted by molar-refractivity contribution is -0.132. The Morgan fingerprint density at radius 2 is 1.61 bits per heavy atom. The van der Waals surface area contributed by atoms with Crippen molar-refractivity contribution in [1.82, 2.24) is 24.6 Å². The Bertz CT molecular complexity index is 1110. The minimum absolute atomic E-state index is 0.0140. The first kappa shape index (κ1) is 21.0. The Kier molecular flexibility index (Phi) is 6.27. The first-order valence-corrected chi connectivity index (χ1v) is 10.8. The van der Waals surface area contributed by atoms with Crippen molar-refractivity contribution in [3.63, 3.8) is 0 Å². The molecule has 1 saturated heterocycles. The molecule has 7 nitrogen and oxygen atoms in total. The van der Waals surface area contributed by atoms with Crippen LogP contribution in [-0.4, -0.2) is 62.6 Å². The number of aromatic amines is 1. The van der Waals surface area contributed by atoms with Crippen LogP contribution in [-0.2, 0) is 11.3 Å². The van der Waals surface area contributed by atoms with E-state index in [1.54, 1.807) is 4.90 Å². The number of aromatic nitrogens is 3. The van der Waals surface area contributed by atoms with E-state index in [2.05, 4.69) is 10.2 Å². The number of benzene rings is 2. The third-order valence-corrected chi connectivity index (χ3v) is 5.87. The van der Waals surface area contributed by atoms with Crippen LogP contribution in [0.2, 0.25) is 0 Å². The molecule has 1 fully saturated rings. The number of amides is 2. The lowest BCUT2D eigenvalue weighted by Crippen LogP contribution is -2.50. The van der Waals surface area contributed by atoms with Gasteiger partial charge in [-0.2, -0.15) is 5.10 Å². The van der Waals surface area contributed by atoms with Crippen molar-refractivity contribution >= 4 is 24.0 Å². The monoisotopic (exact) mass is 435 g/mol. The number of aryl methyl sites for hydroxylation is 1. The van der Waals surface area contributed by atoms with E-state index < -0.39 is 0 Å². The van der Waals surface area contributed by atoms with E-state index in [0.717, 1.165) is 11.4 Å². The number of carbonyl (C=O) groups is 2. The Labute approximate surface area is 186 Å². The highest BCUT2D eigenvalue weighted by Crippen LogP contribution is 2.19. The first-order chi connectivity index (χ1) is 15.0. The normalized spacial score (nSPS) is 14.0. The van der Waals surface area contributed by atoms with Crippen LogP contribution < -0.4 is 0 Å². The number of hydrogen-bond donors (Lipinski definition) is 1. The molecule has 0 bridgehead atoms. The highest BCUT2D eigenvalue weighted by atomic mass is 32.1. The standard InChI is InChI=1S/C23H25N5O2S/c1-17-7-9-18(10-8-17)21-24-25-23(31)28(21)12-11-20(29)26-13-15-27(16-14-26)22(30)19-5-3-2-4-6-19/h2-10H,11-16H2,1H3,(H,25,31). The maximum Gasteiger partial charge on any atom is 0.253 e. The topological polar surface area (TPSA) is 74.2 Å². The van der Waals surface area contributed by atoms with E-state index in [-0.39, 0.29) is 11.8 Å². The predicted octanol–water partition coefficient (Wildman–Crippen LogP) is 3.29. The lowest BCUT2D eigenvalue weighted by Gasteiger charge is -2.35. The summed E-state index contributed by atoms with van der Waals surface area (Å²) in [6, 6.07) is 17.3. The molecule has 1 aliphatic heterocycles. The molecule has 8 heteroatoms. The van der Waals surface area contributed by atoms with E-state index in [1.165, 1.54) is 5.56 Å². The molecule has 2 amide bonds. The fourth-order valence-corrected chi connectivity index (χ4v) is 3.96. The van der Waals surface area contributed by atoms with Gasteiger partial charge in [0.05, 0.1) is 0 Å². The predicted molar refractivity (Wildman–Crippen MR) is 121 cm³/mol. The number of hydrogen-bond acceptors (Lipinski definition) is 4. The summed E-state index contributed by atoms with van der Waals surface area (Å²) in [7, 11) is 0. The summed E-state index contributed by atoms with van der Waals surface area (Å²) in [6.07, 6.45) is 0.333. The number of carbonyl (C=O) groups excluding carboxylic acids is 2. The molecule has 1 N–H and O–H groups in total. The van der Waals surface area contributed by atoms with Crippen LogP contribution in [0, 0.1) is 11.7 Å². The van der Waals surface area contributed by atoms with E-state index in [9.17, 15) is 9.59 Å². The third-order valence-electron chi connectivity index (χ3n) is 5.56. The smallest absolute Gasteiger partial charge is 0.253 e. The van der Waals surface area contributed by atoms with Crippen LogP contribution in [0.15, 0.2) is 54.6 Å². The van der Waals surface area contributed by atoms with E-state index in [0.29, 0.717) is 49.5 Å². The van der Waals surface area contributed by atoms with Crippen LogP contribution in [0.5, 0.6) is 0 Å². The number of nitrogens with one attached hydrogen (secondary N) is 1. The molecule has 2 aromatic carbocycles. The molecule has 1 aromatic heterocycles. The second-order valence-electron chi connectivity index (χ2n) is 7.66. The Morgan fingerprint density at radius 3 is 2.29 bits per heavy atom. The van der Waals surface area contributed by atoms with Gasteiger partial charge in [0.15, 0.2) is 10.6 Å². The molecule has 0 spiro atoms. The second kappa shape index (κ2) is 9.26. The van der Waals surface area contributed by atoms with Crippen LogP contribution in [0.25, 0.3) is 11.4 Å². The zero-order valence-electron chi connectivity index (χ0n) is 17.5. The molecule has 0 atom stereocenters. The van der Waals surface area contributed by atoms with Gasteiger partial charge in [0.2, 0.25) is 5.91 Å². The summed E-state index contributed by atoms with van der Waals surface area (Å²) in [6.45, 7) is 4.66. The van der Waals surface area contributed by atoms with Crippen molar-refractivity contribution in [2.24, 2.45) is 0 Å². The van der Waals surface area contributed by atoms with Gasteiger partial charge in [0.25, 0.3) is 5.91 Å². The highest BCUT2D eigenvalue weighted by molar-refractivity contribution is 7.71. The van der Waals surface area contributed by atoms with Gasteiger partial charge >= 0.3 is 0 Å². The average molecular weight is 436 g/mol. The summed E-state index contributed by atoms with van der Waals surface area (Å²) >= 11 is 5.37. The van der Waals surface area contributed by atoms with Crippen LogP contribution in [0.1, 0.15) is 22.3 Å². The SMILES string of the molecule is Cc1ccc(-c2n[nH]c(=S)n2CCC(=O)N2CCN(C(=O)c3ccccc3)CC2)cc1. The third kappa shape index (κ3) is 4.74. The van der Waals surface area contributed by atoms with Crippen LogP contribution in [0.4, 0.5) is 0 Å². The molecule has 4 rings (SSSR count). The zero-order valence-corrected chi connectivity index (χ0v) is 18.3. The first-order valence-electron chi connectivity index (χ1n) is 10.4. The van der Waals surface area contributed by atoms with Crippen molar-refractivity contribution in [2.75, 3.05) is 26.2 Å². The number of rotatable bonds is 5. The molecule has 3 aromatic rings. The molecule has 0 saturated carbocycles. The van der Waals surface area contributed by atoms with Gasteiger partial charge in [-0.15, -0.1) is 0 Å². The molecule has 2 heterocycles. The molecular weight excluding hydrogens is 410 g/mol. The Morgan fingerprint density at radius 1 is 0.968 bits per heavy atom. The average Bonchev–Trinajstić information content (AvgIpc) is 3.18. The lowest BCUT2D eigenvalue weighted by atomic mass is 10.1. The van der Waals surface area contributed by atoms with Gasteiger partial charge in [-0.1, -0.05) is 48.0 Å². The van der Waals surface area contributed by atoms with Gasteiger partial charge in [-0.3, -0.25) is 19.3 Å². The molecule has 160 valence electrons. The van der Waals surface area contributed by atoms with Crippen LogP contribution in [0.3, 0.4) is 0 Å². The van der Waals surface area contributed by atoms with Crippen molar-refractivity contribution in [3.05, 3.63) is 70.5 Å². The van der Waals surface area contributed by atoms with Gasteiger partial charge in [-0.05, 0) is 31.3 Å². The molecule has 0 radical (unpaired) electrons. The summed E-state index contributed by atoms with van der Waals surface area (Å²) in [5, 5.41) is 7.18. The minimum atomic E-state index is 0.0140. The summed E-state index contributed by atoms with van der Waals surface area (Å²) in [5.41, 5.74) is 2.81.